The number of guanidine groups is 1. The Kier molecular flexibility index (Phi) is 3.36. The van der Waals surface area contributed by atoms with Crippen LogP contribution in [-0.4, -0.2) is 36.2 Å². The summed E-state index contributed by atoms with van der Waals surface area (Å²) in [6.45, 7) is 6.13. The molecule has 0 aromatic carbocycles. The van der Waals surface area contributed by atoms with Crippen molar-refractivity contribution in [1.29, 1.82) is 0 Å². The molecule has 102 valence electrons. The van der Waals surface area contributed by atoms with Crippen LogP contribution in [-0.2, 0) is 9.53 Å². The van der Waals surface area contributed by atoms with Crippen LogP contribution in [0.4, 0.5) is 0 Å². The molecule has 2 N–H and O–H groups in total. The van der Waals surface area contributed by atoms with E-state index in [1.54, 1.807) is 7.11 Å². The van der Waals surface area contributed by atoms with Gasteiger partial charge in [-0.3, -0.25) is 10.1 Å². The maximum absolute atomic E-state index is 12.3. The highest BCUT2D eigenvalue weighted by Crippen LogP contribution is 2.36. The maximum atomic E-state index is 12.3. The van der Waals surface area contributed by atoms with E-state index in [1.165, 1.54) is 0 Å². The average molecular weight is 253 g/mol. The maximum Gasteiger partial charge on any atom is 0.257 e. The molecule has 1 amide bonds. The van der Waals surface area contributed by atoms with Gasteiger partial charge < -0.3 is 10.1 Å². The predicted molar refractivity (Wildman–Crippen MR) is 70.5 cm³/mol. The number of nitrogens with one attached hydrogen (secondary N) is 2. The van der Waals surface area contributed by atoms with E-state index in [0.29, 0.717) is 5.96 Å². The summed E-state index contributed by atoms with van der Waals surface area (Å²) in [6, 6.07) is 0. The van der Waals surface area contributed by atoms with Gasteiger partial charge in [-0.25, -0.2) is 4.99 Å². The molecule has 0 aromatic heterocycles. The summed E-state index contributed by atoms with van der Waals surface area (Å²) in [7, 11) is 1.66. The lowest BCUT2D eigenvalue weighted by atomic mass is 9.79. The molecule has 2 unspecified atom stereocenters. The molecule has 1 aliphatic carbocycles. The minimum absolute atomic E-state index is 0.0270. The van der Waals surface area contributed by atoms with Gasteiger partial charge in [-0.2, -0.15) is 0 Å². The average Bonchev–Trinajstić information content (AvgIpc) is 2.54. The Labute approximate surface area is 108 Å². The Morgan fingerprint density at radius 2 is 2.17 bits per heavy atom. The Balaban J connectivity index is 2.23. The molecule has 5 heteroatoms. The van der Waals surface area contributed by atoms with Gasteiger partial charge in [0.1, 0.15) is 0 Å². The molecule has 1 heterocycles. The van der Waals surface area contributed by atoms with Crippen molar-refractivity contribution in [3.8, 4) is 0 Å². The van der Waals surface area contributed by atoms with Crippen molar-refractivity contribution in [3.05, 3.63) is 0 Å². The van der Waals surface area contributed by atoms with Crippen LogP contribution in [0.15, 0.2) is 4.99 Å². The highest BCUT2D eigenvalue weighted by Gasteiger charge is 2.51. The molecule has 1 fully saturated rings. The quantitative estimate of drug-likeness (QED) is 0.738. The number of hydrogen-bond acceptors (Lipinski definition) is 4. The number of rotatable bonds is 1. The number of ether oxygens (including phenoxy) is 1. The molecule has 1 aliphatic heterocycles. The first-order chi connectivity index (χ1) is 8.37. The topological polar surface area (TPSA) is 62.7 Å². The van der Waals surface area contributed by atoms with Crippen LogP contribution >= 0.6 is 0 Å². The third-order valence-electron chi connectivity index (χ3n) is 3.52. The lowest BCUT2D eigenvalue weighted by molar-refractivity contribution is -0.130. The van der Waals surface area contributed by atoms with Crippen molar-refractivity contribution >= 4 is 11.9 Å². The second-order valence-corrected chi connectivity index (χ2v) is 6.18. The molecule has 2 rings (SSSR count). The SMILES string of the molecule is COC1CCCCC12N=C(NC(C)(C)C)NC2=O. The molecule has 2 aliphatic rings. The highest BCUT2D eigenvalue weighted by atomic mass is 16.5. The molecule has 0 aromatic rings. The van der Waals surface area contributed by atoms with Crippen molar-refractivity contribution in [3.63, 3.8) is 0 Å². The summed E-state index contributed by atoms with van der Waals surface area (Å²) >= 11 is 0. The third kappa shape index (κ3) is 2.36. The molecule has 2 atom stereocenters. The summed E-state index contributed by atoms with van der Waals surface area (Å²) < 4.78 is 5.48. The van der Waals surface area contributed by atoms with E-state index in [4.69, 9.17) is 4.74 Å². The van der Waals surface area contributed by atoms with Crippen LogP contribution in [0.1, 0.15) is 46.5 Å². The van der Waals surface area contributed by atoms with Crippen molar-refractivity contribution in [2.24, 2.45) is 4.99 Å². The van der Waals surface area contributed by atoms with E-state index >= 15 is 0 Å². The van der Waals surface area contributed by atoms with E-state index in [-0.39, 0.29) is 17.6 Å². The first-order valence-electron chi connectivity index (χ1n) is 6.60. The predicted octanol–water partition coefficient (Wildman–Crippen LogP) is 1.19. The Bertz CT molecular complexity index is 373. The minimum atomic E-state index is -0.708. The summed E-state index contributed by atoms with van der Waals surface area (Å²) in [4.78, 5) is 16.9. The lowest BCUT2D eigenvalue weighted by Gasteiger charge is -2.35. The second kappa shape index (κ2) is 4.53. The zero-order valence-corrected chi connectivity index (χ0v) is 11.7. The van der Waals surface area contributed by atoms with Gasteiger partial charge >= 0.3 is 0 Å². The number of aliphatic imine (C=N–C) groups is 1. The summed E-state index contributed by atoms with van der Waals surface area (Å²) in [5.74, 6) is 0.553. The van der Waals surface area contributed by atoms with Crippen LogP contribution in [0.2, 0.25) is 0 Å². The Hall–Kier alpha value is -1.10. The van der Waals surface area contributed by atoms with Gasteiger partial charge in [0.15, 0.2) is 11.5 Å². The second-order valence-electron chi connectivity index (χ2n) is 6.18. The molecule has 0 radical (unpaired) electrons. The fourth-order valence-electron chi connectivity index (χ4n) is 2.73. The van der Waals surface area contributed by atoms with Crippen molar-refractivity contribution in [2.75, 3.05) is 7.11 Å². The van der Waals surface area contributed by atoms with E-state index < -0.39 is 5.54 Å². The van der Waals surface area contributed by atoms with Gasteiger partial charge in [0, 0.05) is 12.6 Å². The fourth-order valence-corrected chi connectivity index (χ4v) is 2.73. The summed E-state index contributed by atoms with van der Waals surface area (Å²) in [5, 5.41) is 6.08. The summed E-state index contributed by atoms with van der Waals surface area (Å²) in [6.07, 6.45) is 3.69. The minimum Gasteiger partial charge on any atom is -0.378 e. The van der Waals surface area contributed by atoms with E-state index in [9.17, 15) is 4.79 Å². The van der Waals surface area contributed by atoms with Crippen LogP contribution in [0.25, 0.3) is 0 Å². The van der Waals surface area contributed by atoms with Crippen molar-refractivity contribution in [1.82, 2.24) is 10.6 Å². The first kappa shape index (κ1) is 13.3. The molecule has 18 heavy (non-hydrogen) atoms. The van der Waals surface area contributed by atoms with Gasteiger partial charge in [0.25, 0.3) is 5.91 Å². The molecule has 1 saturated carbocycles. The number of carbonyl (C=O) groups is 1. The molecule has 1 spiro atoms. The van der Waals surface area contributed by atoms with Crippen LogP contribution in [0, 0.1) is 0 Å². The highest BCUT2D eigenvalue weighted by molar-refractivity contribution is 6.08. The largest absolute Gasteiger partial charge is 0.378 e. The standard InChI is InChI=1S/C13H23N3O2/c1-12(2,3)15-11-14-10(17)13(16-11)8-6-5-7-9(13)18-4/h9H,5-8H2,1-4H3,(H2,14,15,16,17). The van der Waals surface area contributed by atoms with Crippen molar-refractivity contribution in [2.45, 2.75) is 63.6 Å². The Morgan fingerprint density at radius 1 is 1.44 bits per heavy atom. The summed E-state index contributed by atoms with van der Waals surface area (Å²) in [5.41, 5.74) is -0.824. The number of carbonyl (C=O) groups excluding carboxylic acids is 1. The lowest BCUT2D eigenvalue weighted by Crippen LogP contribution is -2.52. The molecule has 5 nitrogen and oxygen atoms in total. The molecule has 0 saturated heterocycles. The van der Waals surface area contributed by atoms with E-state index in [0.717, 1.165) is 25.7 Å². The van der Waals surface area contributed by atoms with Gasteiger partial charge in [-0.05, 0) is 33.6 Å². The van der Waals surface area contributed by atoms with Gasteiger partial charge in [-0.1, -0.05) is 12.8 Å². The number of hydrogen-bond donors (Lipinski definition) is 2. The van der Waals surface area contributed by atoms with Crippen LogP contribution in [0.5, 0.6) is 0 Å². The zero-order chi connectivity index (χ0) is 13.4. The Morgan fingerprint density at radius 3 is 2.78 bits per heavy atom. The normalized spacial score (nSPS) is 32.3. The number of amides is 1. The third-order valence-corrected chi connectivity index (χ3v) is 3.52. The number of nitrogens with zero attached hydrogens (tertiary/aromatic N) is 1. The zero-order valence-electron chi connectivity index (χ0n) is 11.7. The number of methoxy groups -OCH3 is 1. The first-order valence-corrected chi connectivity index (χ1v) is 6.60. The van der Waals surface area contributed by atoms with E-state index in [1.807, 2.05) is 20.8 Å². The molecule has 0 bridgehead atoms. The van der Waals surface area contributed by atoms with Crippen LogP contribution < -0.4 is 10.6 Å². The molecular formula is C13H23N3O2. The van der Waals surface area contributed by atoms with E-state index in [2.05, 4.69) is 15.6 Å². The van der Waals surface area contributed by atoms with Gasteiger partial charge in [0.2, 0.25) is 0 Å². The molecular weight excluding hydrogens is 230 g/mol. The van der Waals surface area contributed by atoms with Gasteiger partial charge in [0.05, 0.1) is 6.10 Å². The van der Waals surface area contributed by atoms with Crippen molar-refractivity contribution < 1.29 is 9.53 Å². The van der Waals surface area contributed by atoms with Gasteiger partial charge in [-0.15, -0.1) is 0 Å². The van der Waals surface area contributed by atoms with Crippen LogP contribution in [0.3, 0.4) is 0 Å². The fraction of sp³-hybridized carbons (Fsp3) is 0.846. The monoisotopic (exact) mass is 253 g/mol. The smallest absolute Gasteiger partial charge is 0.257 e.